The number of nitrogens with zero attached hydrogens (tertiary/aromatic N) is 1. The van der Waals surface area contributed by atoms with Gasteiger partial charge in [-0.1, -0.05) is 0 Å². The fourth-order valence-corrected chi connectivity index (χ4v) is 2.45. The average Bonchev–Trinajstić information content (AvgIpc) is 2.71. The minimum atomic E-state index is -0.943. The van der Waals surface area contributed by atoms with Crippen molar-refractivity contribution in [1.29, 1.82) is 0 Å². The molecule has 0 radical (unpaired) electrons. The van der Waals surface area contributed by atoms with Gasteiger partial charge >= 0.3 is 5.97 Å². The average molecular weight is 249 g/mol. The number of ether oxygens (including phenoxy) is 1. The molecular formula is C12H11NO3S. The van der Waals surface area contributed by atoms with E-state index in [1.807, 2.05) is 12.1 Å². The highest BCUT2D eigenvalue weighted by molar-refractivity contribution is 7.10. The van der Waals surface area contributed by atoms with E-state index in [9.17, 15) is 4.79 Å². The second kappa shape index (κ2) is 4.55. The van der Waals surface area contributed by atoms with E-state index in [0.29, 0.717) is 10.6 Å². The second-order valence-electron chi connectivity index (χ2n) is 3.51. The van der Waals surface area contributed by atoms with Crippen molar-refractivity contribution < 1.29 is 14.6 Å². The lowest BCUT2D eigenvalue weighted by Crippen LogP contribution is -1.98. The smallest absolute Gasteiger partial charge is 0.339 e. The summed E-state index contributed by atoms with van der Waals surface area (Å²) >= 11 is 1.20. The van der Waals surface area contributed by atoms with E-state index in [1.165, 1.54) is 11.5 Å². The molecule has 88 valence electrons. The molecule has 4 nitrogen and oxygen atoms in total. The van der Waals surface area contributed by atoms with Crippen LogP contribution in [0.2, 0.25) is 0 Å². The second-order valence-corrected chi connectivity index (χ2v) is 4.28. The molecule has 0 atom stereocenters. The van der Waals surface area contributed by atoms with E-state index >= 15 is 0 Å². The van der Waals surface area contributed by atoms with Gasteiger partial charge < -0.3 is 9.84 Å². The van der Waals surface area contributed by atoms with Crippen molar-refractivity contribution in [3.63, 3.8) is 0 Å². The molecule has 1 aromatic carbocycles. The predicted octanol–water partition coefficient (Wildman–Crippen LogP) is 2.83. The van der Waals surface area contributed by atoms with Gasteiger partial charge in [-0.2, -0.15) is 4.37 Å². The lowest BCUT2D eigenvalue weighted by Gasteiger charge is -2.02. The van der Waals surface area contributed by atoms with Gasteiger partial charge in [-0.25, -0.2) is 4.79 Å². The number of benzene rings is 1. The minimum absolute atomic E-state index is 0.278. The fourth-order valence-electron chi connectivity index (χ4n) is 1.56. The molecule has 0 aliphatic heterocycles. The Morgan fingerprint density at radius 3 is 2.53 bits per heavy atom. The molecule has 0 saturated heterocycles. The molecule has 2 rings (SSSR count). The first-order valence-electron chi connectivity index (χ1n) is 4.97. The fraction of sp³-hybridized carbons (Fsp3) is 0.167. The molecule has 5 heteroatoms. The largest absolute Gasteiger partial charge is 0.497 e. The summed E-state index contributed by atoms with van der Waals surface area (Å²) in [5.41, 5.74) is 1.67. The number of aromatic carboxylic acids is 1. The first-order chi connectivity index (χ1) is 8.13. The van der Waals surface area contributed by atoms with E-state index in [-0.39, 0.29) is 5.56 Å². The first-order valence-corrected chi connectivity index (χ1v) is 5.75. The van der Waals surface area contributed by atoms with Crippen LogP contribution in [0.3, 0.4) is 0 Å². The van der Waals surface area contributed by atoms with Crippen LogP contribution in [0.5, 0.6) is 5.75 Å². The van der Waals surface area contributed by atoms with Gasteiger partial charge in [0.1, 0.15) is 11.3 Å². The quantitative estimate of drug-likeness (QED) is 0.908. The van der Waals surface area contributed by atoms with Gasteiger partial charge in [-0.05, 0) is 48.3 Å². The molecule has 0 aliphatic carbocycles. The van der Waals surface area contributed by atoms with Crippen molar-refractivity contribution in [3.8, 4) is 16.2 Å². The van der Waals surface area contributed by atoms with E-state index < -0.39 is 5.97 Å². The van der Waals surface area contributed by atoms with Gasteiger partial charge in [0.05, 0.1) is 17.7 Å². The summed E-state index contributed by atoms with van der Waals surface area (Å²) in [7, 11) is 1.59. The van der Waals surface area contributed by atoms with Crippen molar-refractivity contribution in [2.24, 2.45) is 0 Å². The number of hydrogen-bond donors (Lipinski definition) is 1. The lowest BCUT2D eigenvalue weighted by molar-refractivity contribution is 0.0697. The molecule has 2 aromatic rings. The normalized spacial score (nSPS) is 10.2. The van der Waals surface area contributed by atoms with Crippen LogP contribution >= 0.6 is 11.5 Å². The van der Waals surface area contributed by atoms with E-state index in [4.69, 9.17) is 9.84 Å². The SMILES string of the molecule is COc1ccc(-c2snc(C)c2C(=O)O)cc1. The standard InChI is InChI=1S/C12H11NO3S/c1-7-10(12(14)15)11(17-13-7)8-3-5-9(16-2)6-4-8/h3-6H,1-2H3,(H,14,15). The Morgan fingerprint density at radius 1 is 1.35 bits per heavy atom. The summed E-state index contributed by atoms with van der Waals surface area (Å²) in [6.45, 7) is 1.70. The number of carboxylic acids is 1. The van der Waals surface area contributed by atoms with Crippen molar-refractivity contribution in [2.75, 3.05) is 7.11 Å². The van der Waals surface area contributed by atoms with Crippen molar-refractivity contribution in [2.45, 2.75) is 6.92 Å². The summed E-state index contributed by atoms with van der Waals surface area (Å²) in [6, 6.07) is 7.27. The van der Waals surface area contributed by atoms with Crippen molar-refractivity contribution in [1.82, 2.24) is 4.37 Å². The summed E-state index contributed by atoms with van der Waals surface area (Å²) in [6.07, 6.45) is 0. The van der Waals surface area contributed by atoms with Gasteiger partial charge in [0.2, 0.25) is 0 Å². The Labute approximate surface area is 103 Å². The van der Waals surface area contributed by atoms with Crippen LogP contribution in [0.15, 0.2) is 24.3 Å². The Bertz CT molecular complexity index is 545. The number of rotatable bonds is 3. The highest BCUT2D eigenvalue weighted by Crippen LogP contribution is 2.31. The minimum Gasteiger partial charge on any atom is -0.497 e. The third-order valence-electron chi connectivity index (χ3n) is 2.43. The van der Waals surface area contributed by atoms with Crippen LogP contribution in [0.25, 0.3) is 10.4 Å². The van der Waals surface area contributed by atoms with Gasteiger partial charge in [-0.3, -0.25) is 0 Å². The van der Waals surface area contributed by atoms with Crippen LogP contribution in [-0.4, -0.2) is 22.6 Å². The zero-order chi connectivity index (χ0) is 12.4. The number of hydrogen-bond acceptors (Lipinski definition) is 4. The molecular weight excluding hydrogens is 238 g/mol. The number of carboxylic acid groups (broad SMARTS) is 1. The van der Waals surface area contributed by atoms with Gasteiger partial charge in [0.25, 0.3) is 0 Å². The van der Waals surface area contributed by atoms with Gasteiger partial charge in [0.15, 0.2) is 0 Å². The highest BCUT2D eigenvalue weighted by atomic mass is 32.1. The summed E-state index contributed by atoms with van der Waals surface area (Å²) in [4.78, 5) is 11.8. The maximum absolute atomic E-state index is 11.1. The maximum Gasteiger partial charge on any atom is 0.339 e. The molecule has 0 unspecified atom stereocenters. The summed E-state index contributed by atoms with van der Waals surface area (Å²) in [5, 5.41) is 9.14. The van der Waals surface area contributed by atoms with E-state index in [2.05, 4.69) is 4.37 Å². The van der Waals surface area contributed by atoms with Crippen LogP contribution in [0.1, 0.15) is 16.1 Å². The summed E-state index contributed by atoms with van der Waals surface area (Å²) < 4.78 is 9.15. The zero-order valence-electron chi connectivity index (χ0n) is 9.43. The van der Waals surface area contributed by atoms with E-state index in [1.54, 1.807) is 26.2 Å². The van der Waals surface area contributed by atoms with Gasteiger partial charge in [-0.15, -0.1) is 0 Å². The summed E-state index contributed by atoms with van der Waals surface area (Å²) in [5.74, 6) is -0.200. The zero-order valence-corrected chi connectivity index (χ0v) is 10.2. The monoisotopic (exact) mass is 249 g/mol. The number of methoxy groups -OCH3 is 1. The van der Waals surface area contributed by atoms with Crippen LogP contribution in [-0.2, 0) is 0 Å². The third kappa shape index (κ3) is 2.14. The Kier molecular flexibility index (Phi) is 3.10. The molecule has 0 spiro atoms. The predicted molar refractivity (Wildman–Crippen MR) is 65.8 cm³/mol. The molecule has 0 fully saturated rings. The number of carbonyl (C=O) groups is 1. The lowest BCUT2D eigenvalue weighted by atomic mass is 10.1. The van der Waals surface area contributed by atoms with Crippen molar-refractivity contribution in [3.05, 3.63) is 35.5 Å². The van der Waals surface area contributed by atoms with Gasteiger partial charge in [0, 0.05) is 0 Å². The third-order valence-corrected chi connectivity index (χ3v) is 3.42. The highest BCUT2D eigenvalue weighted by Gasteiger charge is 2.18. The Hall–Kier alpha value is -1.88. The Morgan fingerprint density at radius 2 is 2.00 bits per heavy atom. The molecule has 0 saturated carbocycles. The molecule has 17 heavy (non-hydrogen) atoms. The van der Waals surface area contributed by atoms with E-state index in [0.717, 1.165) is 11.3 Å². The van der Waals surface area contributed by atoms with Crippen molar-refractivity contribution >= 4 is 17.5 Å². The maximum atomic E-state index is 11.1. The number of aryl methyl sites for hydroxylation is 1. The number of aromatic nitrogens is 1. The topological polar surface area (TPSA) is 59.4 Å². The molecule has 1 aromatic heterocycles. The molecule has 1 N–H and O–H groups in total. The van der Waals surface area contributed by atoms with Crippen LogP contribution in [0.4, 0.5) is 0 Å². The van der Waals surface area contributed by atoms with Crippen LogP contribution in [0, 0.1) is 6.92 Å². The first kappa shape index (κ1) is 11.6. The molecule has 0 amide bonds. The molecule has 1 heterocycles. The van der Waals surface area contributed by atoms with Crippen LogP contribution < -0.4 is 4.74 Å². The molecule has 0 aliphatic rings. The molecule has 0 bridgehead atoms. The Balaban J connectivity index is 2.49.